The predicted octanol–water partition coefficient (Wildman–Crippen LogP) is -0.0166. The Morgan fingerprint density at radius 3 is 2.67 bits per heavy atom. The van der Waals surface area contributed by atoms with Gasteiger partial charge in [0, 0.05) is 12.6 Å². The van der Waals surface area contributed by atoms with Gasteiger partial charge in [-0.05, 0) is 25.1 Å². The molecule has 0 radical (unpaired) electrons. The van der Waals surface area contributed by atoms with Gasteiger partial charge in [0.15, 0.2) is 0 Å². The molecule has 3 atom stereocenters. The van der Waals surface area contributed by atoms with E-state index in [1.165, 1.54) is 17.3 Å². The molecule has 1 saturated heterocycles. The number of benzene rings is 1. The first-order valence-corrected chi connectivity index (χ1v) is 9.35. The van der Waals surface area contributed by atoms with E-state index < -0.39 is 42.2 Å². The molecule has 0 bridgehead atoms. The van der Waals surface area contributed by atoms with Crippen molar-refractivity contribution in [3.8, 4) is 0 Å². The zero-order chi connectivity index (χ0) is 21.4. The molecule has 3 N–H and O–H groups in total. The number of H-pyrrole nitrogens is 1. The molecule has 10 nitrogen and oxygen atoms in total. The van der Waals surface area contributed by atoms with Gasteiger partial charge < -0.3 is 14.9 Å². The number of aliphatic hydroxyl groups excluding tert-OH is 2. The van der Waals surface area contributed by atoms with Crippen molar-refractivity contribution >= 4 is 23.4 Å². The Balaban J connectivity index is 1.69. The Hall–Kier alpha value is -3.34. The second-order valence-electron chi connectivity index (χ2n) is 7.06. The molecule has 30 heavy (non-hydrogen) atoms. The van der Waals surface area contributed by atoms with E-state index in [1.807, 2.05) is 6.07 Å². The number of para-hydroxylation sites is 1. The second kappa shape index (κ2) is 7.82. The van der Waals surface area contributed by atoms with Gasteiger partial charge >= 0.3 is 5.69 Å². The van der Waals surface area contributed by atoms with E-state index in [-0.39, 0.29) is 17.6 Å². The van der Waals surface area contributed by atoms with E-state index in [1.54, 1.807) is 31.2 Å². The lowest BCUT2D eigenvalue weighted by atomic mass is 10.1. The molecule has 2 aliphatic rings. The topological polar surface area (TPSA) is 137 Å². The van der Waals surface area contributed by atoms with Crippen molar-refractivity contribution < 1.29 is 19.7 Å². The molecule has 0 unspecified atom stereocenters. The number of rotatable bonds is 4. The molecular formula is C20H20N4O6. The van der Waals surface area contributed by atoms with E-state index in [2.05, 4.69) is 10.1 Å². The number of aromatic nitrogens is 2. The Bertz CT molecular complexity index is 1150. The van der Waals surface area contributed by atoms with Crippen LogP contribution in [0.3, 0.4) is 0 Å². The van der Waals surface area contributed by atoms with Gasteiger partial charge in [-0.3, -0.25) is 19.1 Å². The van der Waals surface area contributed by atoms with Crippen LogP contribution in [0.2, 0.25) is 0 Å². The number of aromatic amines is 1. The minimum Gasteiger partial charge on any atom is -0.394 e. The van der Waals surface area contributed by atoms with E-state index >= 15 is 0 Å². The molecule has 0 saturated carbocycles. The van der Waals surface area contributed by atoms with Crippen LogP contribution < -0.4 is 16.3 Å². The van der Waals surface area contributed by atoms with Crippen LogP contribution >= 0.6 is 0 Å². The van der Waals surface area contributed by atoms with E-state index in [0.717, 1.165) is 4.57 Å². The largest absolute Gasteiger partial charge is 0.394 e. The minimum atomic E-state index is -0.939. The fourth-order valence-electron chi connectivity index (χ4n) is 3.45. The lowest BCUT2D eigenvalue weighted by Gasteiger charge is -2.15. The minimum absolute atomic E-state index is 0.0629. The first kappa shape index (κ1) is 20.0. The third kappa shape index (κ3) is 3.52. The Morgan fingerprint density at radius 1 is 1.27 bits per heavy atom. The Morgan fingerprint density at radius 2 is 2.00 bits per heavy atom. The summed E-state index contributed by atoms with van der Waals surface area (Å²) in [5.74, 6) is -0.399. The Labute approximate surface area is 170 Å². The molecule has 2 aromatic rings. The molecule has 0 spiro atoms. The van der Waals surface area contributed by atoms with Gasteiger partial charge in [-0.15, -0.1) is 0 Å². The van der Waals surface area contributed by atoms with Crippen molar-refractivity contribution in [1.29, 1.82) is 0 Å². The number of hydrogen-bond acceptors (Lipinski definition) is 7. The molecule has 2 aliphatic heterocycles. The zero-order valence-electron chi connectivity index (χ0n) is 16.1. The van der Waals surface area contributed by atoms with Crippen LogP contribution in [0.4, 0.5) is 5.69 Å². The summed E-state index contributed by atoms with van der Waals surface area (Å²) in [7, 11) is 0. The molecule has 1 aromatic carbocycles. The average Bonchev–Trinajstić information content (AvgIpc) is 3.24. The maximum absolute atomic E-state index is 12.8. The Kier molecular flexibility index (Phi) is 5.20. The van der Waals surface area contributed by atoms with Crippen molar-refractivity contribution in [2.24, 2.45) is 5.10 Å². The van der Waals surface area contributed by atoms with Gasteiger partial charge in [0.05, 0.1) is 35.2 Å². The molecule has 4 rings (SSSR count). The third-order valence-electron chi connectivity index (χ3n) is 5.05. The van der Waals surface area contributed by atoms with Crippen LogP contribution in [-0.2, 0) is 9.53 Å². The SMILES string of the molecule is CC1=NN(c2ccccc2)C(=O)/C1=C/c1cn([C@H]2C[C@H](O)[C@@H](CO)O2)c(=O)[nH]c1=O. The highest BCUT2D eigenvalue weighted by Gasteiger charge is 2.35. The predicted molar refractivity (Wildman–Crippen MR) is 108 cm³/mol. The van der Waals surface area contributed by atoms with Gasteiger partial charge in [-0.2, -0.15) is 10.1 Å². The monoisotopic (exact) mass is 412 g/mol. The smallest absolute Gasteiger partial charge is 0.330 e. The van der Waals surface area contributed by atoms with Gasteiger partial charge in [0.1, 0.15) is 12.3 Å². The summed E-state index contributed by atoms with van der Waals surface area (Å²) in [5, 5.41) is 24.7. The number of hydrazone groups is 1. The van der Waals surface area contributed by atoms with Crippen LogP contribution in [-0.4, -0.2) is 50.2 Å². The van der Waals surface area contributed by atoms with Crippen LogP contribution in [0, 0.1) is 0 Å². The summed E-state index contributed by atoms with van der Waals surface area (Å²) in [6.45, 7) is 1.26. The van der Waals surface area contributed by atoms with Crippen molar-refractivity contribution in [3.05, 3.63) is 68.5 Å². The van der Waals surface area contributed by atoms with Crippen molar-refractivity contribution in [3.63, 3.8) is 0 Å². The maximum atomic E-state index is 12.8. The first-order valence-electron chi connectivity index (χ1n) is 9.35. The van der Waals surface area contributed by atoms with Gasteiger partial charge in [0.2, 0.25) is 0 Å². The van der Waals surface area contributed by atoms with Crippen molar-refractivity contribution in [2.75, 3.05) is 11.6 Å². The van der Waals surface area contributed by atoms with Gasteiger partial charge in [-0.1, -0.05) is 18.2 Å². The molecule has 1 aromatic heterocycles. The van der Waals surface area contributed by atoms with Crippen LogP contribution in [0.1, 0.15) is 25.1 Å². The van der Waals surface area contributed by atoms with Crippen LogP contribution in [0.15, 0.2) is 56.8 Å². The molecule has 10 heteroatoms. The summed E-state index contributed by atoms with van der Waals surface area (Å²) in [6.07, 6.45) is 0.111. The molecular weight excluding hydrogens is 392 g/mol. The van der Waals surface area contributed by atoms with Crippen LogP contribution in [0.5, 0.6) is 0 Å². The molecule has 156 valence electrons. The number of ether oxygens (including phenoxy) is 1. The summed E-state index contributed by atoms with van der Waals surface area (Å²) in [6, 6.07) is 8.87. The lowest BCUT2D eigenvalue weighted by molar-refractivity contribution is -0.114. The third-order valence-corrected chi connectivity index (χ3v) is 5.05. The average molecular weight is 412 g/mol. The standard InChI is InChI=1S/C20H20N4O6/c1-11-14(19(28)24(22-11)13-5-3-2-4-6-13)7-12-9-23(20(29)21-18(12)27)17-8-15(26)16(10-25)30-17/h2-7,9,15-17,25-26H,8,10H2,1H3,(H,21,27,29)/b14-7+/t15-,16+,17+/m0/s1. The molecule has 1 fully saturated rings. The number of hydrogen-bond donors (Lipinski definition) is 3. The lowest BCUT2D eigenvalue weighted by Crippen LogP contribution is -2.33. The zero-order valence-corrected chi connectivity index (χ0v) is 16.1. The number of amides is 1. The number of nitrogens with one attached hydrogen (secondary N) is 1. The second-order valence-corrected chi connectivity index (χ2v) is 7.06. The van der Waals surface area contributed by atoms with E-state index in [0.29, 0.717) is 11.4 Å². The fraction of sp³-hybridized carbons (Fsp3) is 0.300. The summed E-state index contributed by atoms with van der Waals surface area (Å²) in [4.78, 5) is 39.6. The highest BCUT2D eigenvalue weighted by Crippen LogP contribution is 2.28. The number of aliphatic hydroxyl groups is 2. The molecule has 1 amide bonds. The number of anilines is 1. The number of carbonyl (C=O) groups excluding carboxylic acids is 1. The molecule has 3 heterocycles. The molecule has 0 aliphatic carbocycles. The quantitative estimate of drug-likeness (QED) is 0.604. The highest BCUT2D eigenvalue weighted by atomic mass is 16.5. The normalized spacial score (nSPS) is 25.2. The van der Waals surface area contributed by atoms with Gasteiger partial charge in [0.25, 0.3) is 11.5 Å². The summed E-state index contributed by atoms with van der Waals surface area (Å²) in [5.41, 5.74) is -0.0868. The van der Waals surface area contributed by atoms with Crippen LogP contribution in [0.25, 0.3) is 6.08 Å². The fourth-order valence-corrected chi connectivity index (χ4v) is 3.45. The van der Waals surface area contributed by atoms with Gasteiger partial charge in [-0.25, -0.2) is 4.79 Å². The highest BCUT2D eigenvalue weighted by molar-refractivity contribution is 6.32. The summed E-state index contributed by atoms with van der Waals surface area (Å²) >= 11 is 0. The number of nitrogens with zero attached hydrogens (tertiary/aromatic N) is 3. The summed E-state index contributed by atoms with van der Waals surface area (Å²) < 4.78 is 6.63. The first-order chi connectivity index (χ1) is 14.4. The number of carbonyl (C=O) groups is 1. The van der Waals surface area contributed by atoms with E-state index in [4.69, 9.17) is 4.74 Å². The van der Waals surface area contributed by atoms with Crippen molar-refractivity contribution in [1.82, 2.24) is 9.55 Å². The van der Waals surface area contributed by atoms with E-state index in [9.17, 15) is 24.6 Å². The maximum Gasteiger partial charge on any atom is 0.330 e. The van der Waals surface area contributed by atoms with Crippen molar-refractivity contribution in [2.45, 2.75) is 31.8 Å².